The van der Waals surface area contributed by atoms with E-state index in [0.29, 0.717) is 17.5 Å². The summed E-state index contributed by atoms with van der Waals surface area (Å²) in [5, 5.41) is 16.4. The van der Waals surface area contributed by atoms with Gasteiger partial charge in [-0.15, -0.1) is 22.7 Å². The van der Waals surface area contributed by atoms with Crippen molar-refractivity contribution < 1.29 is 4.42 Å². The van der Waals surface area contributed by atoms with Gasteiger partial charge in [-0.05, 0) is 117 Å². The standard InChI is InChI=1S/C63H34N4OS2/c1-2-14-38-32-51-47(29-37(38)13-1)59-41-15-5-3-11-35(41)21-25-50(59)67(51)52-33-49-54(68-53-26-22-36-12-4-6-16-42(36)60(49)53)34-48(52)63-65-61(39-23-27-57-45(30-39)43-17-7-9-19-55(43)69-57)64-62(66-63)40-24-28-58-46(31-40)44-18-8-10-20-56(44)70-58/h1-34H. The smallest absolute Gasteiger partial charge is 0.166 e. The molecule has 0 saturated heterocycles. The lowest BCUT2D eigenvalue weighted by molar-refractivity contribution is 0.669. The molecule has 0 aliphatic carbocycles. The van der Waals surface area contributed by atoms with Crippen LogP contribution in [0, 0.1) is 0 Å². The predicted molar refractivity (Wildman–Crippen MR) is 296 cm³/mol. The molecule has 0 unspecified atom stereocenters. The number of benzene rings is 11. The number of furan rings is 1. The minimum atomic E-state index is 0.560. The van der Waals surface area contributed by atoms with Crippen LogP contribution in [0.3, 0.4) is 0 Å². The summed E-state index contributed by atoms with van der Waals surface area (Å²) < 4.78 is 14.3. The third-order valence-electron chi connectivity index (χ3n) is 14.4. The van der Waals surface area contributed by atoms with Crippen LogP contribution >= 0.6 is 22.7 Å². The van der Waals surface area contributed by atoms with Gasteiger partial charge in [0.15, 0.2) is 17.5 Å². The van der Waals surface area contributed by atoms with Gasteiger partial charge in [0.25, 0.3) is 0 Å². The van der Waals surface area contributed by atoms with Crippen LogP contribution in [0.1, 0.15) is 0 Å². The van der Waals surface area contributed by atoms with Crippen LogP contribution < -0.4 is 0 Å². The Hall–Kier alpha value is -8.75. The summed E-state index contributed by atoms with van der Waals surface area (Å²) >= 11 is 3.62. The fourth-order valence-electron chi connectivity index (χ4n) is 11.2. The molecule has 324 valence electrons. The van der Waals surface area contributed by atoms with Crippen LogP contribution in [-0.2, 0) is 0 Å². The minimum Gasteiger partial charge on any atom is -0.456 e. The molecule has 5 nitrogen and oxygen atoms in total. The summed E-state index contributed by atoms with van der Waals surface area (Å²) in [5.74, 6) is 1.77. The number of aromatic nitrogens is 4. The maximum atomic E-state index is 6.90. The molecular weight excluding hydrogens is 893 g/mol. The molecule has 0 saturated carbocycles. The van der Waals surface area contributed by atoms with Gasteiger partial charge in [-0.3, -0.25) is 0 Å². The van der Waals surface area contributed by atoms with E-state index >= 15 is 0 Å². The third kappa shape index (κ3) is 5.55. The van der Waals surface area contributed by atoms with Crippen molar-refractivity contribution in [2.45, 2.75) is 0 Å². The van der Waals surface area contributed by atoms with Crippen LogP contribution in [0.5, 0.6) is 0 Å². The molecule has 16 rings (SSSR count). The van der Waals surface area contributed by atoms with E-state index < -0.39 is 0 Å². The Bertz CT molecular complexity index is 4790. The second-order valence-electron chi connectivity index (χ2n) is 18.3. The van der Waals surface area contributed by atoms with E-state index in [-0.39, 0.29) is 0 Å². The molecule has 7 heteroatoms. The average molecular weight is 927 g/mol. The van der Waals surface area contributed by atoms with Gasteiger partial charge in [-0.1, -0.05) is 121 Å². The summed E-state index contributed by atoms with van der Waals surface area (Å²) in [7, 11) is 0. The topological polar surface area (TPSA) is 56.7 Å². The Balaban J connectivity index is 1.05. The van der Waals surface area contributed by atoms with Crippen LogP contribution in [0.2, 0.25) is 0 Å². The van der Waals surface area contributed by atoms with Crippen molar-refractivity contribution in [3.8, 4) is 39.9 Å². The van der Waals surface area contributed by atoms with E-state index in [1.807, 2.05) is 22.7 Å². The van der Waals surface area contributed by atoms with Gasteiger partial charge >= 0.3 is 0 Å². The second kappa shape index (κ2) is 14.4. The van der Waals surface area contributed by atoms with E-state index in [2.05, 4.69) is 211 Å². The van der Waals surface area contributed by atoms with Gasteiger partial charge in [0.1, 0.15) is 11.2 Å². The summed E-state index contributed by atoms with van der Waals surface area (Å²) in [6, 6.07) is 74.5. The summed E-state index contributed by atoms with van der Waals surface area (Å²) in [4.78, 5) is 16.5. The number of nitrogens with zero attached hydrogens (tertiary/aromatic N) is 4. The van der Waals surface area contributed by atoms with E-state index in [4.69, 9.17) is 19.4 Å². The highest BCUT2D eigenvalue weighted by molar-refractivity contribution is 7.26. The van der Waals surface area contributed by atoms with Crippen LogP contribution in [0.15, 0.2) is 211 Å². The zero-order valence-corrected chi connectivity index (χ0v) is 38.8. The van der Waals surface area contributed by atoms with Crippen molar-refractivity contribution in [3.63, 3.8) is 0 Å². The molecule has 0 N–H and O–H groups in total. The molecule has 11 aromatic carbocycles. The van der Waals surface area contributed by atoms with Crippen LogP contribution in [-0.4, -0.2) is 19.5 Å². The zero-order valence-electron chi connectivity index (χ0n) is 37.1. The maximum absolute atomic E-state index is 6.90. The Morgan fingerprint density at radius 3 is 1.51 bits per heavy atom. The fraction of sp³-hybridized carbons (Fsp3) is 0. The number of rotatable bonds is 4. The first kappa shape index (κ1) is 38.2. The Labute approximate surface area is 406 Å². The molecule has 0 aliphatic rings. The summed E-state index contributed by atoms with van der Waals surface area (Å²) in [6.07, 6.45) is 0. The van der Waals surface area contributed by atoms with Crippen molar-refractivity contribution in [1.82, 2.24) is 19.5 Å². The predicted octanol–water partition coefficient (Wildman–Crippen LogP) is 18.1. The zero-order chi connectivity index (χ0) is 45.6. The largest absolute Gasteiger partial charge is 0.456 e. The molecule has 0 atom stereocenters. The van der Waals surface area contributed by atoms with Gasteiger partial charge in [0, 0.05) is 78.6 Å². The average Bonchev–Trinajstić information content (AvgIpc) is 4.18. The fourth-order valence-corrected chi connectivity index (χ4v) is 13.3. The summed E-state index contributed by atoms with van der Waals surface area (Å²) in [6.45, 7) is 0. The first-order valence-electron chi connectivity index (χ1n) is 23.5. The van der Waals surface area contributed by atoms with Crippen molar-refractivity contribution in [2.24, 2.45) is 0 Å². The molecular formula is C63H34N4OS2. The van der Waals surface area contributed by atoms with Gasteiger partial charge in [0.05, 0.1) is 16.7 Å². The van der Waals surface area contributed by atoms with Gasteiger partial charge in [-0.25, -0.2) is 15.0 Å². The molecule has 5 heterocycles. The van der Waals surface area contributed by atoms with Crippen molar-refractivity contribution >= 4 is 139 Å². The number of fused-ring (bicyclic) bond motifs is 17. The number of hydrogen-bond acceptors (Lipinski definition) is 6. The maximum Gasteiger partial charge on any atom is 0.166 e. The lowest BCUT2D eigenvalue weighted by Gasteiger charge is -2.15. The van der Waals surface area contributed by atoms with Crippen LogP contribution in [0.25, 0.3) is 156 Å². The molecule has 0 amide bonds. The first-order chi connectivity index (χ1) is 34.6. The Kier molecular flexibility index (Phi) is 7.86. The quantitative estimate of drug-likeness (QED) is 0.176. The Morgan fingerprint density at radius 2 is 0.857 bits per heavy atom. The highest BCUT2D eigenvalue weighted by atomic mass is 32.1. The van der Waals surface area contributed by atoms with E-state index in [1.54, 1.807) is 0 Å². The van der Waals surface area contributed by atoms with Gasteiger partial charge in [0.2, 0.25) is 0 Å². The molecule has 0 spiro atoms. The summed E-state index contributed by atoms with van der Waals surface area (Å²) in [5.41, 5.74) is 7.44. The molecule has 5 aromatic heterocycles. The van der Waals surface area contributed by atoms with Crippen molar-refractivity contribution in [3.05, 3.63) is 206 Å². The third-order valence-corrected chi connectivity index (χ3v) is 16.7. The SMILES string of the molecule is c1ccc2cc3c(cc2c1)c1c2ccccc2ccc1n3-c1cc2c(cc1-c1nc(-c3ccc4sc5ccccc5c4c3)nc(-c3ccc4sc5ccccc5c4c3)n1)oc1ccc3ccccc3c12. The molecule has 0 bridgehead atoms. The van der Waals surface area contributed by atoms with E-state index in [0.717, 1.165) is 66.1 Å². The van der Waals surface area contributed by atoms with Crippen molar-refractivity contribution in [2.75, 3.05) is 0 Å². The molecule has 16 aromatic rings. The minimum absolute atomic E-state index is 0.560. The number of thiophene rings is 2. The van der Waals surface area contributed by atoms with Gasteiger partial charge in [-0.2, -0.15) is 0 Å². The highest BCUT2D eigenvalue weighted by Gasteiger charge is 2.25. The second-order valence-corrected chi connectivity index (χ2v) is 20.5. The van der Waals surface area contributed by atoms with Crippen LogP contribution in [0.4, 0.5) is 0 Å². The highest BCUT2D eigenvalue weighted by Crippen LogP contribution is 2.45. The monoisotopic (exact) mass is 926 g/mol. The van der Waals surface area contributed by atoms with E-state index in [9.17, 15) is 0 Å². The van der Waals surface area contributed by atoms with E-state index in [1.165, 1.54) is 72.7 Å². The molecule has 0 fully saturated rings. The van der Waals surface area contributed by atoms with Crippen molar-refractivity contribution in [1.29, 1.82) is 0 Å². The molecule has 0 radical (unpaired) electrons. The molecule has 0 aliphatic heterocycles. The normalized spacial score (nSPS) is 12.3. The Morgan fingerprint density at radius 1 is 0.329 bits per heavy atom. The molecule has 70 heavy (non-hydrogen) atoms. The van der Waals surface area contributed by atoms with Gasteiger partial charge < -0.3 is 8.98 Å². The first-order valence-corrected chi connectivity index (χ1v) is 25.1. The number of hydrogen-bond donors (Lipinski definition) is 0. The lowest BCUT2D eigenvalue weighted by atomic mass is 10.0. The lowest BCUT2D eigenvalue weighted by Crippen LogP contribution is -2.04.